The number of nitrogens with zero attached hydrogens (tertiary/aromatic N) is 2. The van der Waals surface area contributed by atoms with Gasteiger partial charge in [0.15, 0.2) is 0 Å². The number of hydrogen-bond donors (Lipinski definition) is 0. The van der Waals surface area contributed by atoms with Gasteiger partial charge in [-0.25, -0.2) is 0 Å². The van der Waals surface area contributed by atoms with Gasteiger partial charge in [0, 0.05) is 19.6 Å². The molecule has 19 heavy (non-hydrogen) atoms. The van der Waals surface area contributed by atoms with Crippen LogP contribution in [0.2, 0.25) is 10.0 Å². The average Bonchev–Trinajstić information content (AvgIpc) is 2.43. The monoisotopic (exact) mass is 302 g/mol. The quantitative estimate of drug-likeness (QED) is 0.711. The van der Waals surface area contributed by atoms with E-state index in [1.807, 2.05) is 18.2 Å². The number of halogens is 2. The second-order valence-electron chi connectivity index (χ2n) is 4.61. The second-order valence-corrected chi connectivity index (χ2v) is 5.39. The molecule has 0 radical (unpaired) electrons. The average molecular weight is 303 g/mol. The molecule has 0 unspecified atom stereocenters. The molecule has 0 spiro atoms. The fourth-order valence-electron chi connectivity index (χ4n) is 2.08. The lowest BCUT2D eigenvalue weighted by Crippen LogP contribution is -2.34. The van der Waals surface area contributed by atoms with E-state index in [1.165, 1.54) is 0 Å². The third kappa shape index (κ3) is 5.31. The molecule has 0 heterocycles. The summed E-state index contributed by atoms with van der Waals surface area (Å²) in [5, 5.41) is 1.32. The van der Waals surface area contributed by atoms with Crippen LogP contribution in [0.4, 0.5) is 0 Å². The lowest BCUT2D eigenvalue weighted by Gasteiger charge is -2.25. The lowest BCUT2D eigenvalue weighted by atomic mass is 10.2. The first-order chi connectivity index (χ1) is 9.12. The third-order valence-electron chi connectivity index (χ3n) is 3.50. The van der Waals surface area contributed by atoms with Crippen molar-refractivity contribution in [2.45, 2.75) is 27.3 Å². The molecule has 1 rings (SSSR count). The number of benzene rings is 1. The van der Waals surface area contributed by atoms with Gasteiger partial charge in [0.25, 0.3) is 0 Å². The molecule has 0 saturated heterocycles. The van der Waals surface area contributed by atoms with Gasteiger partial charge in [-0.15, -0.1) is 0 Å². The predicted molar refractivity (Wildman–Crippen MR) is 85.2 cm³/mol. The van der Waals surface area contributed by atoms with E-state index in [0.29, 0.717) is 10.0 Å². The molecule has 1 aromatic carbocycles. The minimum Gasteiger partial charge on any atom is -0.303 e. The fourth-order valence-corrected chi connectivity index (χ4v) is 2.46. The highest BCUT2D eigenvalue weighted by molar-refractivity contribution is 6.42. The van der Waals surface area contributed by atoms with Crippen molar-refractivity contribution in [3.05, 3.63) is 33.8 Å². The van der Waals surface area contributed by atoms with Crippen molar-refractivity contribution in [1.29, 1.82) is 0 Å². The molecule has 4 heteroatoms. The van der Waals surface area contributed by atoms with Crippen LogP contribution in [-0.2, 0) is 6.54 Å². The summed E-state index contributed by atoms with van der Waals surface area (Å²) in [5.41, 5.74) is 1.11. The van der Waals surface area contributed by atoms with Crippen LogP contribution in [0.5, 0.6) is 0 Å². The first-order valence-corrected chi connectivity index (χ1v) is 7.75. The number of rotatable bonds is 8. The van der Waals surface area contributed by atoms with E-state index in [4.69, 9.17) is 23.2 Å². The zero-order valence-corrected chi connectivity index (χ0v) is 13.6. The summed E-state index contributed by atoms with van der Waals surface area (Å²) in [6.07, 6.45) is 0. The summed E-state index contributed by atoms with van der Waals surface area (Å²) in [6.45, 7) is 12.8. The van der Waals surface area contributed by atoms with E-state index >= 15 is 0 Å². The molecule has 1 aromatic rings. The maximum atomic E-state index is 6.24. The Morgan fingerprint density at radius 3 is 2.05 bits per heavy atom. The SMILES string of the molecule is CCN(CC)CCN(CC)Cc1cccc(Cl)c1Cl. The molecule has 108 valence electrons. The molecule has 2 nitrogen and oxygen atoms in total. The molecule has 0 atom stereocenters. The summed E-state index contributed by atoms with van der Waals surface area (Å²) >= 11 is 12.3. The first kappa shape index (κ1) is 16.8. The van der Waals surface area contributed by atoms with Crippen molar-refractivity contribution in [2.24, 2.45) is 0 Å². The molecule has 0 bridgehead atoms. The molecule has 0 aliphatic carbocycles. The van der Waals surface area contributed by atoms with Gasteiger partial charge < -0.3 is 4.90 Å². The van der Waals surface area contributed by atoms with Crippen molar-refractivity contribution in [3.8, 4) is 0 Å². The summed E-state index contributed by atoms with van der Waals surface area (Å²) in [4.78, 5) is 4.83. The van der Waals surface area contributed by atoms with Gasteiger partial charge in [-0.2, -0.15) is 0 Å². The van der Waals surface area contributed by atoms with Crippen molar-refractivity contribution in [1.82, 2.24) is 9.80 Å². The highest BCUT2D eigenvalue weighted by Gasteiger charge is 2.10. The summed E-state index contributed by atoms with van der Waals surface area (Å²) in [6, 6.07) is 5.84. The number of hydrogen-bond acceptors (Lipinski definition) is 2. The van der Waals surface area contributed by atoms with Crippen molar-refractivity contribution < 1.29 is 0 Å². The molecular formula is C15H24Cl2N2. The molecule has 0 aliphatic heterocycles. The Hall–Kier alpha value is -0.280. The van der Waals surface area contributed by atoms with Gasteiger partial charge in [-0.1, -0.05) is 56.1 Å². The summed E-state index contributed by atoms with van der Waals surface area (Å²) < 4.78 is 0. The zero-order valence-electron chi connectivity index (χ0n) is 12.1. The first-order valence-electron chi connectivity index (χ1n) is 6.99. The molecule has 0 aromatic heterocycles. The lowest BCUT2D eigenvalue weighted by molar-refractivity contribution is 0.215. The van der Waals surface area contributed by atoms with Crippen molar-refractivity contribution in [2.75, 3.05) is 32.7 Å². The van der Waals surface area contributed by atoms with Crippen LogP contribution in [0.3, 0.4) is 0 Å². The maximum absolute atomic E-state index is 6.24. The summed E-state index contributed by atoms with van der Waals surface area (Å²) in [7, 11) is 0. The normalized spacial score (nSPS) is 11.5. The Labute approximate surface area is 127 Å². The minimum atomic E-state index is 0.638. The highest BCUT2D eigenvalue weighted by atomic mass is 35.5. The molecule has 0 saturated carbocycles. The third-order valence-corrected chi connectivity index (χ3v) is 4.36. The van der Waals surface area contributed by atoms with Gasteiger partial charge in [0.2, 0.25) is 0 Å². The van der Waals surface area contributed by atoms with Crippen LogP contribution in [0.25, 0.3) is 0 Å². The largest absolute Gasteiger partial charge is 0.303 e. The van der Waals surface area contributed by atoms with Gasteiger partial charge in [0.05, 0.1) is 10.0 Å². The van der Waals surface area contributed by atoms with Gasteiger partial charge >= 0.3 is 0 Å². The Morgan fingerprint density at radius 1 is 0.895 bits per heavy atom. The molecule has 0 N–H and O–H groups in total. The molecular weight excluding hydrogens is 279 g/mol. The van der Waals surface area contributed by atoms with Crippen LogP contribution in [0, 0.1) is 0 Å². The Kier molecular flexibility index (Phi) is 7.77. The zero-order chi connectivity index (χ0) is 14.3. The van der Waals surface area contributed by atoms with E-state index in [2.05, 4.69) is 30.6 Å². The van der Waals surface area contributed by atoms with Crippen molar-refractivity contribution >= 4 is 23.2 Å². The molecule has 0 amide bonds. The van der Waals surface area contributed by atoms with Gasteiger partial charge in [-0.3, -0.25) is 4.90 Å². The van der Waals surface area contributed by atoms with Crippen LogP contribution in [0.15, 0.2) is 18.2 Å². The van der Waals surface area contributed by atoms with Gasteiger partial charge in [0.1, 0.15) is 0 Å². The topological polar surface area (TPSA) is 6.48 Å². The standard InChI is InChI=1S/C15H24Cl2N2/c1-4-18(5-2)10-11-19(6-3)12-13-8-7-9-14(16)15(13)17/h7-9H,4-6,10-12H2,1-3H3. The van der Waals surface area contributed by atoms with E-state index in [9.17, 15) is 0 Å². The van der Waals surface area contributed by atoms with E-state index < -0.39 is 0 Å². The second kappa shape index (κ2) is 8.80. The fraction of sp³-hybridized carbons (Fsp3) is 0.600. The minimum absolute atomic E-state index is 0.638. The smallest absolute Gasteiger partial charge is 0.0637 e. The summed E-state index contributed by atoms with van der Waals surface area (Å²) in [5.74, 6) is 0. The number of likely N-dealkylation sites (N-methyl/N-ethyl adjacent to an activating group) is 2. The predicted octanol–water partition coefficient (Wildman–Crippen LogP) is 4.16. The van der Waals surface area contributed by atoms with Crippen LogP contribution >= 0.6 is 23.2 Å². The van der Waals surface area contributed by atoms with Crippen molar-refractivity contribution in [3.63, 3.8) is 0 Å². The van der Waals surface area contributed by atoms with E-state index in [-0.39, 0.29) is 0 Å². The Balaban J connectivity index is 2.59. The van der Waals surface area contributed by atoms with Crippen LogP contribution in [-0.4, -0.2) is 42.5 Å². The van der Waals surface area contributed by atoms with E-state index in [0.717, 1.165) is 44.8 Å². The Bertz CT molecular complexity index is 378. The van der Waals surface area contributed by atoms with E-state index in [1.54, 1.807) is 0 Å². The maximum Gasteiger partial charge on any atom is 0.0637 e. The van der Waals surface area contributed by atoms with Crippen LogP contribution < -0.4 is 0 Å². The van der Waals surface area contributed by atoms with Crippen LogP contribution in [0.1, 0.15) is 26.3 Å². The highest BCUT2D eigenvalue weighted by Crippen LogP contribution is 2.26. The molecule has 0 fully saturated rings. The van der Waals surface area contributed by atoms with Gasteiger partial charge in [-0.05, 0) is 31.3 Å². The molecule has 0 aliphatic rings. The Morgan fingerprint density at radius 2 is 1.47 bits per heavy atom.